The topological polar surface area (TPSA) is 91.2 Å². The molecule has 2 aromatic heterocycles. The molecule has 68 valence electrons. The van der Waals surface area contributed by atoms with E-state index in [2.05, 4.69) is 25.4 Å². The zero-order chi connectivity index (χ0) is 9.54. The first kappa shape index (κ1) is 7.31. The van der Waals surface area contributed by atoms with Gasteiger partial charge in [-0.3, -0.25) is 0 Å². The van der Waals surface area contributed by atoms with E-state index in [-0.39, 0.29) is 0 Å². The molecular formula is C8H6N6. The average molecular weight is 186 g/mol. The van der Waals surface area contributed by atoms with Crippen molar-refractivity contribution in [3.63, 3.8) is 0 Å². The van der Waals surface area contributed by atoms with Crippen LogP contribution in [0.1, 0.15) is 11.3 Å². The summed E-state index contributed by atoms with van der Waals surface area (Å²) in [6.07, 6.45) is 3.59. The molecule has 2 N–H and O–H groups in total. The number of hydrogen-bond donors (Lipinski definition) is 2. The fourth-order valence-electron chi connectivity index (χ4n) is 1.57. The molecule has 0 bridgehead atoms. The van der Waals surface area contributed by atoms with E-state index in [0.717, 1.165) is 17.0 Å². The predicted octanol–water partition coefficient (Wildman–Crippen LogP) is 0.186. The van der Waals surface area contributed by atoms with Crippen LogP contribution in [0, 0.1) is 5.41 Å². The van der Waals surface area contributed by atoms with E-state index in [0.29, 0.717) is 17.8 Å². The van der Waals surface area contributed by atoms with Crippen LogP contribution in [0.5, 0.6) is 0 Å². The lowest BCUT2D eigenvalue weighted by molar-refractivity contribution is 0.924. The Bertz CT molecular complexity index is 514. The normalized spacial score (nSPS) is 13.6. The highest BCUT2D eigenvalue weighted by Gasteiger charge is 2.24. The third-order valence-corrected chi connectivity index (χ3v) is 2.23. The van der Waals surface area contributed by atoms with Crippen LogP contribution in [0.25, 0.3) is 11.4 Å². The number of nitrogens with one attached hydrogen (secondary N) is 2. The molecule has 0 unspecified atom stereocenters. The van der Waals surface area contributed by atoms with Crippen LogP contribution in [-0.4, -0.2) is 31.1 Å². The minimum atomic E-state index is 0.488. The summed E-state index contributed by atoms with van der Waals surface area (Å²) in [5.41, 5.74) is 3.44. The largest absolute Gasteiger partial charge is 0.304 e. The van der Waals surface area contributed by atoms with E-state index in [9.17, 15) is 0 Å². The summed E-state index contributed by atoms with van der Waals surface area (Å²) in [6, 6.07) is 0. The van der Waals surface area contributed by atoms with Gasteiger partial charge in [-0.2, -0.15) is 15.4 Å². The van der Waals surface area contributed by atoms with Crippen molar-refractivity contribution in [1.82, 2.24) is 25.4 Å². The second-order valence-corrected chi connectivity index (χ2v) is 3.06. The van der Waals surface area contributed by atoms with E-state index in [1.54, 1.807) is 6.20 Å². The summed E-state index contributed by atoms with van der Waals surface area (Å²) in [6.45, 7) is 0. The molecule has 0 aromatic carbocycles. The number of aromatic nitrogens is 5. The SMILES string of the molecule is N=C1Cc2n[nH]nc2-c2ncncc21. The highest BCUT2D eigenvalue weighted by Crippen LogP contribution is 2.27. The van der Waals surface area contributed by atoms with E-state index in [4.69, 9.17) is 5.41 Å². The molecule has 0 aliphatic heterocycles. The molecule has 2 aromatic rings. The summed E-state index contributed by atoms with van der Waals surface area (Å²) in [7, 11) is 0. The third kappa shape index (κ3) is 0.819. The Balaban J connectivity index is 2.36. The maximum atomic E-state index is 7.78. The summed E-state index contributed by atoms with van der Waals surface area (Å²) in [5.74, 6) is 0. The van der Waals surface area contributed by atoms with E-state index in [1.165, 1.54) is 6.33 Å². The average Bonchev–Trinajstić information content (AvgIpc) is 2.66. The lowest BCUT2D eigenvalue weighted by Crippen LogP contribution is -2.13. The maximum absolute atomic E-state index is 7.78. The van der Waals surface area contributed by atoms with Gasteiger partial charge in [0.15, 0.2) is 0 Å². The highest BCUT2D eigenvalue weighted by atomic mass is 15.3. The Hall–Kier alpha value is -2.11. The first-order chi connectivity index (χ1) is 6.86. The van der Waals surface area contributed by atoms with Crippen LogP contribution in [0.3, 0.4) is 0 Å². The number of rotatable bonds is 0. The molecule has 6 heteroatoms. The van der Waals surface area contributed by atoms with Crippen molar-refractivity contribution in [1.29, 1.82) is 5.41 Å². The van der Waals surface area contributed by atoms with Crippen LogP contribution in [0.15, 0.2) is 12.5 Å². The molecule has 0 saturated carbocycles. The van der Waals surface area contributed by atoms with Crippen molar-refractivity contribution in [2.75, 3.05) is 0 Å². The lowest BCUT2D eigenvalue weighted by Gasteiger charge is -2.12. The Morgan fingerprint density at radius 1 is 1.29 bits per heavy atom. The fourth-order valence-corrected chi connectivity index (χ4v) is 1.57. The van der Waals surface area contributed by atoms with Crippen molar-refractivity contribution in [2.24, 2.45) is 0 Å². The molecule has 2 heterocycles. The van der Waals surface area contributed by atoms with Gasteiger partial charge < -0.3 is 5.41 Å². The van der Waals surface area contributed by atoms with E-state index >= 15 is 0 Å². The van der Waals surface area contributed by atoms with Gasteiger partial charge >= 0.3 is 0 Å². The second kappa shape index (κ2) is 2.44. The van der Waals surface area contributed by atoms with Crippen LogP contribution in [0.4, 0.5) is 0 Å². The van der Waals surface area contributed by atoms with Crippen molar-refractivity contribution in [2.45, 2.75) is 6.42 Å². The van der Waals surface area contributed by atoms with Gasteiger partial charge in [-0.1, -0.05) is 0 Å². The van der Waals surface area contributed by atoms with Gasteiger partial charge in [0, 0.05) is 23.9 Å². The number of hydrogen-bond acceptors (Lipinski definition) is 5. The lowest BCUT2D eigenvalue weighted by atomic mass is 9.96. The molecule has 0 saturated heterocycles. The molecule has 6 nitrogen and oxygen atoms in total. The minimum absolute atomic E-state index is 0.488. The molecule has 0 atom stereocenters. The standard InChI is InChI=1S/C8H6N6/c9-5-1-6-8(13-14-12-6)7-4(5)2-10-3-11-7/h2-3,9H,1H2,(H,12,13,14). The van der Waals surface area contributed by atoms with Crippen molar-refractivity contribution < 1.29 is 0 Å². The molecule has 0 fully saturated rings. The van der Waals surface area contributed by atoms with E-state index in [1.807, 2.05) is 0 Å². The summed E-state index contributed by atoms with van der Waals surface area (Å²) in [4.78, 5) is 8.00. The number of H-pyrrole nitrogens is 1. The maximum Gasteiger partial charge on any atom is 0.135 e. The Morgan fingerprint density at radius 2 is 2.21 bits per heavy atom. The first-order valence-electron chi connectivity index (χ1n) is 4.14. The number of fused-ring (bicyclic) bond motifs is 3. The van der Waals surface area contributed by atoms with Gasteiger partial charge in [-0.15, -0.1) is 0 Å². The van der Waals surface area contributed by atoms with Crippen molar-refractivity contribution in [3.8, 4) is 11.4 Å². The zero-order valence-corrected chi connectivity index (χ0v) is 7.15. The highest BCUT2D eigenvalue weighted by molar-refractivity contribution is 6.06. The fraction of sp³-hybridized carbons (Fsp3) is 0.125. The first-order valence-corrected chi connectivity index (χ1v) is 4.14. The van der Waals surface area contributed by atoms with Crippen molar-refractivity contribution >= 4 is 5.71 Å². The monoisotopic (exact) mass is 186 g/mol. The van der Waals surface area contributed by atoms with Gasteiger partial charge in [0.25, 0.3) is 0 Å². The summed E-state index contributed by atoms with van der Waals surface area (Å²) in [5, 5.41) is 18.3. The summed E-state index contributed by atoms with van der Waals surface area (Å²) >= 11 is 0. The van der Waals surface area contributed by atoms with Crippen LogP contribution < -0.4 is 0 Å². The Labute approximate surface area is 78.9 Å². The molecule has 3 rings (SSSR count). The predicted molar refractivity (Wildman–Crippen MR) is 47.9 cm³/mol. The molecule has 1 aliphatic carbocycles. The Kier molecular flexibility index (Phi) is 1.27. The van der Waals surface area contributed by atoms with Crippen LogP contribution in [0.2, 0.25) is 0 Å². The molecule has 0 amide bonds. The number of aromatic amines is 1. The molecule has 1 aliphatic rings. The zero-order valence-electron chi connectivity index (χ0n) is 7.15. The smallest absolute Gasteiger partial charge is 0.135 e. The van der Waals surface area contributed by atoms with E-state index < -0.39 is 0 Å². The van der Waals surface area contributed by atoms with Gasteiger partial charge in [0.2, 0.25) is 0 Å². The second-order valence-electron chi connectivity index (χ2n) is 3.06. The van der Waals surface area contributed by atoms with Gasteiger partial charge in [-0.05, 0) is 0 Å². The van der Waals surface area contributed by atoms with Gasteiger partial charge in [-0.25, -0.2) is 9.97 Å². The van der Waals surface area contributed by atoms with Gasteiger partial charge in [0.1, 0.15) is 17.7 Å². The van der Waals surface area contributed by atoms with Gasteiger partial charge in [0.05, 0.1) is 5.69 Å². The number of nitrogens with zero attached hydrogens (tertiary/aromatic N) is 4. The molecule has 14 heavy (non-hydrogen) atoms. The Morgan fingerprint density at radius 3 is 3.14 bits per heavy atom. The third-order valence-electron chi connectivity index (χ3n) is 2.23. The molecule has 0 spiro atoms. The van der Waals surface area contributed by atoms with Crippen LogP contribution in [-0.2, 0) is 6.42 Å². The van der Waals surface area contributed by atoms with Crippen LogP contribution >= 0.6 is 0 Å². The summed E-state index contributed by atoms with van der Waals surface area (Å²) < 4.78 is 0. The minimum Gasteiger partial charge on any atom is -0.304 e. The molecule has 0 radical (unpaired) electrons. The van der Waals surface area contributed by atoms with Crippen molar-refractivity contribution in [3.05, 3.63) is 23.8 Å². The molecular weight excluding hydrogens is 180 g/mol. The quantitative estimate of drug-likeness (QED) is 0.614.